The molecular formula is C11H14FNO3S. The lowest BCUT2D eigenvalue weighted by atomic mass is 10.1. The van der Waals surface area contributed by atoms with Gasteiger partial charge in [-0.15, -0.1) is 0 Å². The van der Waals surface area contributed by atoms with Crippen molar-refractivity contribution in [3.8, 4) is 0 Å². The fourth-order valence-electron chi connectivity index (χ4n) is 1.65. The Bertz CT molecular complexity index is 525. The lowest BCUT2D eigenvalue weighted by molar-refractivity contribution is 0.318. The molecule has 94 valence electrons. The maximum atomic E-state index is 13.0. The molecule has 0 heterocycles. The SMILES string of the molecule is CC[C@H](/C(=N\O)c1cccc(F)c1)S(C)(=O)=O. The minimum Gasteiger partial charge on any atom is -0.411 e. The Kier molecular flexibility index (Phi) is 4.22. The molecule has 0 unspecified atom stereocenters. The van der Waals surface area contributed by atoms with E-state index in [1.165, 1.54) is 18.2 Å². The van der Waals surface area contributed by atoms with Crippen molar-refractivity contribution in [3.05, 3.63) is 35.6 Å². The van der Waals surface area contributed by atoms with Crippen LogP contribution in [0.3, 0.4) is 0 Å². The zero-order valence-corrected chi connectivity index (χ0v) is 10.4. The van der Waals surface area contributed by atoms with Gasteiger partial charge < -0.3 is 5.21 Å². The van der Waals surface area contributed by atoms with Crippen molar-refractivity contribution < 1.29 is 18.0 Å². The molecule has 6 heteroatoms. The Morgan fingerprint density at radius 3 is 2.59 bits per heavy atom. The Morgan fingerprint density at radius 2 is 2.18 bits per heavy atom. The number of hydrogen-bond donors (Lipinski definition) is 1. The lowest BCUT2D eigenvalue weighted by Gasteiger charge is -2.14. The van der Waals surface area contributed by atoms with E-state index in [0.717, 1.165) is 12.3 Å². The van der Waals surface area contributed by atoms with Crippen LogP contribution in [0, 0.1) is 5.82 Å². The van der Waals surface area contributed by atoms with Gasteiger partial charge >= 0.3 is 0 Å². The summed E-state index contributed by atoms with van der Waals surface area (Å²) in [5.74, 6) is -0.507. The average molecular weight is 259 g/mol. The molecule has 1 aromatic rings. The highest BCUT2D eigenvalue weighted by molar-refractivity contribution is 7.92. The molecular weight excluding hydrogens is 245 g/mol. The number of nitrogens with zero attached hydrogens (tertiary/aromatic N) is 1. The highest BCUT2D eigenvalue weighted by Crippen LogP contribution is 2.15. The smallest absolute Gasteiger partial charge is 0.156 e. The lowest BCUT2D eigenvalue weighted by Crippen LogP contribution is -2.29. The fraction of sp³-hybridized carbons (Fsp3) is 0.364. The molecule has 1 N–H and O–H groups in total. The third-order valence-corrected chi connectivity index (χ3v) is 4.01. The first-order valence-corrected chi connectivity index (χ1v) is 7.02. The number of oxime groups is 1. The van der Waals surface area contributed by atoms with Gasteiger partial charge in [0.1, 0.15) is 16.8 Å². The first-order chi connectivity index (χ1) is 7.90. The largest absolute Gasteiger partial charge is 0.411 e. The molecule has 0 aromatic heterocycles. The second kappa shape index (κ2) is 5.27. The van der Waals surface area contributed by atoms with E-state index in [-0.39, 0.29) is 17.7 Å². The number of benzene rings is 1. The van der Waals surface area contributed by atoms with E-state index >= 15 is 0 Å². The minimum atomic E-state index is -3.40. The van der Waals surface area contributed by atoms with Crippen molar-refractivity contribution in [1.82, 2.24) is 0 Å². The number of halogens is 1. The van der Waals surface area contributed by atoms with Crippen molar-refractivity contribution in [2.75, 3.05) is 6.26 Å². The standard InChI is InChI=1S/C11H14FNO3S/c1-3-10(17(2,15)16)11(13-14)8-5-4-6-9(12)7-8/h4-7,10,14H,3H2,1-2H3/b13-11-/t10-/m1/s1. The van der Waals surface area contributed by atoms with Crippen LogP contribution in [0.1, 0.15) is 18.9 Å². The predicted molar refractivity (Wildman–Crippen MR) is 63.6 cm³/mol. The molecule has 0 bridgehead atoms. The number of hydrogen-bond acceptors (Lipinski definition) is 4. The molecule has 4 nitrogen and oxygen atoms in total. The van der Waals surface area contributed by atoms with Crippen molar-refractivity contribution in [2.24, 2.45) is 5.16 Å². The van der Waals surface area contributed by atoms with Gasteiger partial charge in [0, 0.05) is 11.8 Å². The van der Waals surface area contributed by atoms with Crippen LogP contribution < -0.4 is 0 Å². The van der Waals surface area contributed by atoms with Gasteiger partial charge in [-0.3, -0.25) is 0 Å². The fourth-order valence-corrected chi connectivity index (χ4v) is 2.85. The molecule has 0 aliphatic carbocycles. The maximum Gasteiger partial charge on any atom is 0.156 e. The van der Waals surface area contributed by atoms with Crippen LogP contribution in [-0.2, 0) is 9.84 Å². The Hall–Kier alpha value is -1.43. The summed E-state index contributed by atoms with van der Waals surface area (Å²) in [5, 5.41) is 11.0. The molecule has 0 saturated heterocycles. The Morgan fingerprint density at radius 1 is 1.53 bits per heavy atom. The van der Waals surface area contributed by atoms with Crippen molar-refractivity contribution in [1.29, 1.82) is 0 Å². The molecule has 0 spiro atoms. The molecule has 1 rings (SSSR count). The Balaban J connectivity index is 3.25. The van der Waals surface area contributed by atoms with Gasteiger partial charge in [-0.25, -0.2) is 12.8 Å². The van der Waals surface area contributed by atoms with Crippen LogP contribution in [0.5, 0.6) is 0 Å². The molecule has 1 atom stereocenters. The monoisotopic (exact) mass is 259 g/mol. The third-order valence-electron chi connectivity index (χ3n) is 2.42. The first-order valence-electron chi connectivity index (χ1n) is 5.07. The topological polar surface area (TPSA) is 66.7 Å². The van der Waals surface area contributed by atoms with Gasteiger partial charge in [-0.2, -0.15) is 0 Å². The van der Waals surface area contributed by atoms with Gasteiger partial charge in [0.15, 0.2) is 9.84 Å². The third kappa shape index (κ3) is 3.26. The van der Waals surface area contributed by atoms with Crippen molar-refractivity contribution in [3.63, 3.8) is 0 Å². The summed E-state index contributed by atoms with van der Waals surface area (Å²) in [4.78, 5) is 0. The van der Waals surface area contributed by atoms with Crippen LogP contribution in [0.4, 0.5) is 4.39 Å². The van der Waals surface area contributed by atoms with Gasteiger partial charge in [-0.1, -0.05) is 24.2 Å². The molecule has 0 aliphatic rings. The summed E-state index contributed by atoms with van der Waals surface area (Å²) in [7, 11) is -3.40. The highest BCUT2D eigenvalue weighted by atomic mass is 32.2. The van der Waals surface area contributed by atoms with E-state index in [0.29, 0.717) is 0 Å². The minimum absolute atomic E-state index is 0.0329. The molecule has 0 aliphatic heterocycles. The first kappa shape index (κ1) is 13.6. The van der Waals surface area contributed by atoms with Crippen molar-refractivity contribution >= 4 is 15.5 Å². The zero-order valence-electron chi connectivity index (χ0n) is 9.59. The van der Waals surface area contributed by atoms with E-state index in [1.54, 1.807) is 6.92 Å². The summed E-state index contributed by atoms with van der Waals surface area (Å²) in [6.45, 7) is 1.66. The van der Waals surface area contributed by atoms with Gasteiger partial charge in [-0.05, 0) is 18.6 Å². The van der Waals surface area contributed by atoms with E-state index in [1.807, 2.05) is 0 Å². The van der Waals surface area contributed by atoms with Crippen LogP contribution in [-0.4, -0.2) is 30.8 Å². The van der Waals surface area contributed by atoms with Gasteiger partial charge in [0.05, 0.1) is 0 Å². The molecule has 0 radical (unpaired) electrons. The van der Waals surface area contributed by atoms with Gasteiger partial charge in [0.2, 0.25) is 0 Å². The number of sulfone groups is 1. The molecule has 1 aromatic carbocycles. The second-order valence-electron chi connectivity index (χ2n) is 3.72. The Labute approximate surface area is 99.7 Å². The van der Waals surface area contributed by atoms with Crippen LogP contribution in [0.15, 0.2) is 29.4 Å². The number of rotatable bonds is 4. The van der Waals surface area contributed by atoms with Gasteiger partial charge in [0.25, 0.3) is 0 Å². The highest BCUT2D eigenvalue weighted by Gasteiger charge is 2.26. The molecule has 17 heavy (non-hydrogen) atoms. The summed E-state index contributed by atoms with van der Waals surface area (Å²) >= 11 is 0. The summed E-state index contributed by atoms with van der Waals surface area (Å²) < 4.78 is 36.1. The van der Waals surface area contributed by atoms with Crippen LogP contribution >= 0.6 is 0 Å². The second-order valence-corrected chi connectivity index (χ2v) is 5.95. The normalized spacial score (nSPS) is 14.6. The molecule has 0 amide bonds. The van der Waals surface area contributed by atoms with Crippen molar-refractivity contribution in [2.45, 2.75) is 18.6 Å². The summed E-state index contributed by atoms with van der Waals surface area (Å²) in [5.41, 5.74) is 0.235. The van der Waals surface area contributed by atoms with Crippen LogP contribution in [0.25, 0.3) is 0 Å². The van der Waals surface area contributed by atoms with Crippen LogP contribution in [0.2, 0.25) is 0 Å². The molecule has 0 fully saturated rings. The zero-order chi connectivity index (χ0) is 13.1. The molecule has 0 saturated carbocycles. The van der Waals surface area contributed by atoms with E-state index < -0.39 is 20.9 Å². The maximum absolute atomic E-state index is 13.0. The quantitative estimate of drug-likeness (QED) is 0.509. The summed E-state index contributed by atoms with van der Waals surface area (Å²) in [6, 6.07) is 5.32. The summed E-state index contributed by atoms with van der Waals surface area (Å²) in [6.07, 6.45) is 1.32. The van der Waals surface area contributed by atoms with E-state index in [9.17, 15) is 12.8 Å². The van der Waals surface area contributed by atoms with E-state index in [2.05, 4.69) is 5.16 Å². The average Bonchev–Trinajstić information content (AvgIpc) is 2.23. The van der Waals surface area contributed by atoms with E-state index in [4.69, 9.17) is 5.21 Å². The predicted octanol–water partition coefficient (Wildman–Crippen LogP) is 1.83.